The van der Waals surface area contributed by atoms with E-state index in [1.54, 1.807) is 13.8 Å². The zero-order valence-corrected chi connectivity index (χ0v) is 7.51. The van der Waals surface area contributed by atoms with Gasteiger partial charge in [-0.15, -0.1) is 0 Å². The van der Waals surface area contributed by atoms with Crippen LogP contribution in [-0.2, 0) is 4.74 Å². The normalized spacial score (nSPS) is 22.8. The maximum absolute atomic E-state index is 9.49. The van der Waals surface area contributed by atoms with Gasteiger partial charge in [-0.1, -0.05) is 0 Å². The molecule has 0 fully saturated rings. The van der Waals surface area contributed by atoms with Gasteiger partial charge in [0.25, 0.3) is 0 Å². The summed E-state index contributed by atoms with van der Waals surface area (Å²) in [5.41, 5.74) is -1.18. The minimum Gasteiger partial charge on any atom is -0.471 e. The number of aliphatic hydroxyl groups is 1. The first-order valence-electron chi connectivity index (χ1n) is 3.78. The third kappa shape index (κ3) is 1.93. The summed E-state index contributed by atoms with van der Waals surface area (Å²) in [5, 5.41) is 9.49. The molecule has 0 atom stereocenters. The standard InChI is InChI=1S/C8H15NO2/c1-7(2)5-9-6(11-7)8(3,4)10/h10H,5H2,1-4H3. The number of hydrogen-bond acceptors (Lipinski definition) is 3. The SMILES string of the molecule is CC1(C)CN=C(C(C)(C)O)O1. The van der Waals surface area contributed by atoms with Crippen molar-refractivity contribution >= 4 is 5.90 Å². The second kappa shape index (κ2) is 2.21. The molecule has 0 bridgehead atoms. The van der Waals surface area contributed by atoms with Gasteiger partial charge in [0.1, 0.15) is 11.2 Å². The largest absolute Gasteiger partial charge is 0.471 e. The Morgan fingerprint density at radius 3 is 2.27 bits per heavy atom. The van der Waals surface area contributed by atoms with Gasteiger partial charge in [-0.05, 0) is 27.7 Å². The second-order valence-electron chi connectivity index (χ2n) is 4.04. The van der Waals surface area contributed by atoms with Crippen molar-refractivity contribution in [1.29, 1.82) is 0 Å². The molecule has 64 valence electrons. The van der Waals surface area contributed by atoms with Crippen LogP contribution in [0.15, 0.2) is 4.99 Å². The van der Waals surface area contributed by atoms with Crippen molar-refractivity contribution in [3.8, 4) is 0 Å². The Hall–Kier alpha value is -0.570. The van der Waals surface area contributed by atoms with E-state index in [1.807, 2.05) is 13.8 Å². The van der Waals surface area contributed by atoms with Crippen LogP contribution in [0.3, 0.4) is 0 Å². The van der Waals surface area contributed by atoms with Gasteiger partial charge in [-0.3, -0.25) is 0 Å². The van der Waals surface area contributed by atoms with Crippen LogP contribution in [-0.4, -0.2) is 28.8 Å². The summed E-state index contributed by atoms with van der Waals surface area (Å²) in [6.45, 7) is 7.89. The minimum absolute atomic E-state index is 0.241. The summed E-state index contributed by atoms with van der Waals surface area (Å²) >= 11 is 0. The van der Waals surface area contributed by atoms with E-state index in [0.717, 1.165) is 0 Å². The van der Waals surface area contributed by atoms with Crippen LogP contribution in [0.2, 0.25) is 0 Å². The third-order valence-corrected chi connectivity index (χ3v) is 1.50. The fourth-order valence-corrected chi connectivity index (χ4v) is 0.907. The van der Waals surface area contributed by atoms with E-state index >= 15 is 0 Å². The Labute approximate surface area is 67.1 Å². The molecular weight excluding hydrogens is 142 g/mol. The van der Waals surface area contributed by atoms with Crippen LogP contribution < -0.4 is 0 Å². The summed E-state index contributed by atoms with van der Waals surface area (Å²) in [6.07, 6.45) is 0. The Morgan fingerprint density at radius 2 is 2.09 bits per heavy atom. The van der Waals surface area contributed by atoms with Crippen LogP contribution in [0.1, 0.15) is 27.7 Å². The monoisotopic (exact) mass is 157 g/mol. The van der Waals surface area contributed by atoms with E-state index in [4.69, 9.17) is 4.74 Å². The Bertz CT molecular complexity index is 189. The minimum atomic E-state index is -0.937. The number of aliphatic imine (C=N–C) groups is 1. The molecule has 0 saturated carbocycles. The average molecular weight is 157 g/mol. The lowest BCUT2D eigenvalue weighted by atomic mass is 10.1. The molecule has 11 heavy (non-hydrogen) atoms. The summed E-state index contributed by atoms with van der Waals surface area (Å²) in [6, 6.07) is 0. The molecule has 0 saturated heterocycles. The smallest absolute Gasteiger partial charge is 0.216 e. The highest BCUT2D eigenvalue weighted by Crippen LogP contribution is 2.22. The average Bonchev–Trinajstić information content (AvgIpc) is 2.07. The van der Waals surface area contributed by atoms with Crippen molar-refractivity contribution in [2.45, 2.75) is 38.9 Å². The predicted octanol–water partition coefficient (Wildman–Crippen LogP) is 0.965. The molecule has 1 heterocycles. The van der Waals surface area contributed by atoms with E-state index in [9.17, 15) is 5.11 Å². The second-order valence-corrected chi connectivity index (χ2v) is 4.04. The summed E-state index contributed by atoms with van der Waals surface area (Å²) in [7, 11) is 0. The fourth-order valence-electron chi connectivity index (χ4n) is 0.907. The topological polar surface area (TPSA) is 41.8 Å². The molecular formula is C8H15NO2. The predicted molar refractivity (Wildman–Crippen MR) is 43.8 cm³/mol. The number of hydrogen-bond donors (Lipinski definition) is 1. The van der Waals surface area contributed by atoms with Crippen molar-refractivity contribution in [2.24, 2.45) is 4.99 Å². The zero-order chi connectivity index (χ0) is 8.70. The first-order valence-corrected chi connectivity index (χ1v) is 3.78. The van der Waals surface area contributed by atoms with Crippen LogP contribution in [0.25, 0.3) is 0 Å². The molecule has 3 nitrogen and oxygen atoms in total. The van der Waals surface area contributed by atoms with Crippen molar-refractivity contribution in [1.82, 2.24) is 0 Å². The number of nitrogens with zero attached hydrogens (tertiary/aromatic N) is 1. The van der Waals surface area contributed by atoms with E-state index in [2.05, 4.69) is 4.99 Å². The maximum atomic E-state index is 9.49. The molecule has 0 aromatic heterocycles. The first kappa shape index (κ1) is 8.53. The molecule has 1 aliphatic rings. The maximum Gasteiger partial charge on any atom is 0.216 e. The number of ether oxygens (including phenoxy) is 1. The summed E-state index contributed by atoms with van der Waals surface area (Å²) in [4.78, 5) is 4.10. The molecule has 0 radical (unpaired) electrons. The lowest BCUT2D eigenvalue weighted by Crippen LogP contribution is -2.35. The van der Waals surface area contributed by atoms with Crippen molar-refractivity contribution in [2.75, 3.05) is 6.54 Å². The third-order valence-electron chi connectivity index (χ3n) is 1.50. The van der Waals surface area contributed by atoms with Crippen LogP contribution in [0, 0.1) is 0 Å². The summed E-state index contributed by atoms with van der Waals surface area (Å²) in [5.74, 6) is 0.447. The van der Waals surface area contributed by atoms with Crippen LogP contribution in [0.5, 0.6) is 0 Å². The van der Waals surface area contributed by atoms with Gasteiger partial charge in [0.2, 0.25) is 5.90 Å². The molecule has 0 spiro atoms. The molecule has 3 heteroatoms. The molecule has 1 rings (SSSR count). The molecule has 1 aliphatic heterocycles. The fraction of sp³-hybridized carbons (Fsp3) is 0.875. The summed E-state index contributed by atoms with van der Waals surface area (Å²) < 4.78 is 5.41. The van der Waals surface area contributed by atoms with E-state index < -0.39 is 5.60 Å². The van der Waals surface area contributed by atoms with Gasteiger partial charge in [-0.2, -0.15) is 0 Å². The van der Waals surface area contributed by atoms with Gasteiger partial charge in [0, 0.05) is 0 Å². The Kier molecular flexibility index (Phi) is 1.71. The van der Waals surface area contributed by atoms with Crippen molar-refractivity contribution < 1.29 is 9.84 Å². The quantitative estimate of drug-likeness (QED) is 0.616. The highest BCUT2D eigenvalue weighted by atomic mass is 16.5. The lowest BCUT2D eigenvalue weighted by Gasteiger charge is -2.22. The Balaban J connectivity index is 2.68. The number of rotatable bonds is 1. The highest BCUT2D eigenvalue weighted by molar-refractivity contribution is 5.85. The van der Waals surface area contributed by atoms with E-state index in [-0.39, 0.29) is 5.60 Å². The van der Waals surface area contributed by atoms with Crippen molar-refractivity contribution in [3.63, 3.8) is 0 Å². The van der Waals surface area contributed by atoms with E-state index in [0.29, 0.717) is 12.4 Å². The molecule has 0 amide bonds. The first-order chi connectivity index (χ1) is 4.81. The van der Waals surface area contributed by atoms with Gasteiger partial charge >= 0.3 is 0 Å². The zero-order valence-electron chi connectivity index (χ0n) is 7.51. The molecule has 1 N–H and O–H groups in total. The van der Waals surface area contributed by atoms with Gasteiger partial charge in [0.05, 0.1) is 6.54 Å². The van der Waals surface area contributed by atoms with Crippen molar-refractivity contribution in [3.05, 3.63) is 0 Å². The van der Waals surface area contributed by atoms with Crippen LogP contribution in [0.4, 0.5) is 0 Å². The molecule has 0 unspecified atom stereocenters. The van der Waals surface area contributed by atoms with Gasteiger partial charge in [0.15, 0.2) is 0 Å². The van der Waals surface area contributed by atoms with Crippen LogP contribution >= 0.6 is 0 Å². The molecule has 0 aliphatic carbocycles. The lowest BCUT2D eigenvalue weighted by molar-refractivity contribution is 0.0700. The molecule has 0 aromatic carbocycles. The highest BCUT2D eigenvalue weighted by Gasteiger charge is 2.35. The molecule has 0 aromatic rings. The van der Waals surface area contributed by atoms with Gasteiger partial charge < -0.3 is 9.84 Å². The Morgan fingerprint density at radius 1 is 1.55 bits per heavy atom. The van der Waals surface area contributed by atoms with E-state index in [1.165, 1.54) is 0 Å². The van der Waals surface area contributed by atoms with Gasteiger partial charge in [-0.25, -0.2) is 4.99 Å².